The molecule has 1 heterocycles. The monoisotopic (exact) mass is 525 g/mol. The summed E-state index contributed by atoms with van der Waals surface area (Å²) in [6.07, 6.45) is 1.68. The van der Waals surface area contributed by atoms with Gasteiger partial charge in [0.15, 0.2) is 0 Å². The number of benzene rings is 1. The summed E-state index contributed by atoms with van der Waals surface area (Å²) in [4.78, 5) is 16.7. The van der Waals surface area contributed by atoms with E-state index in [-0.39, 0.29) is 24.2 Å². The molecule has 1 unspecified atom stereocenters. The zero-order valence-corrected chi connectivity index (χ0v) is 22.9. The smallest absolute Gasteiger partial charge is 0.408 e. The molecule has 0 aliphatic rings. The van der Waals surface area contributed by atoms with Gasteiger partial charge in [-0.1, -0.05) is 48.9 Å². The Morgan fingerprint density at radius 2 is 1.77 bits per heavy atom. The number of carbonyl (C=O) groups excluding carboxylic acids is 1. The van der Waals surface area contributed by atoms with E-state index >= 15 is 0 Å². The van der Waals surface area contributed by atoms with Crippen molar-refractivity contribution in [3.63, 3.8) is 0 Å². The van der Waals surface area contributed by atoms with Crippen molar-refractivity contribution in [2.24, 2.45) is 0 Å². The van der Waals surface area contributed by atoms with Crippen LogP contribution < -0.4 is 9.62 Å². The van der Waals surface area contributed by atoms with Crippen LogP contribution in [-0.4, -0.2) is 50.0 Å². The third-order valence-electron chi connectivity index (χ3n) is 4.84. The number of nitrogens with one attached hydrogen (secondary N) is 1. The maximum Gasteiger partial charge on any atom is 0.408 e. The van der Waals surface area contributed by atoms with E-state index in [4.69, 9.17) is 21.1 Å². The van der Waals surface area contributed by atoms with Gasteiger partial charge in [-0.15, -0.1) is 0 Å². The van der Waals surface area contributed by atoms with Crippen LogP contribution in [0, 0.1) is 0 Å². The van der Waals surface area contributed by atoms with Gasteiger partial charge >= 0.3 is 6.09 Å². The van der Waals surface area contributed by atoms with Gasteiger partial charge in [0.1, 0.15) is 16.6 Å². The van der Waals surface area contributed by atoms with Crippen LogP contribution >= 0.6 is 11.6 Å². The second-order valence-electron chi connectivity index (χ2n) is 9.86. The fourth-order valence-corrected chi connectivity index (χ4v) is 4.66. The number of amides is 1. The lowest BCUT2D eigenvalue weighted by Crippen LogP contribution is -2.47. The molecule has 8 nitrogen and oxygen atoms in total. The molecule has 0 aliphatic heterocycles. The van der Waals surface area contributed by atoms with Gasteiger partial charge in [-0.2, -0.15) is 0 Å². The Hall–Kier alpha value is -2.36. The highest BCUT2D eigenvalue weighted by molar-refractivity contribution is 7.92. The molecule has 1 atom stereocenters. The molecule has 1 amide bonds. The zero-order valence-electron chi connectivity index (χ0n) is 21.3. The van der Waals surface area contributed by atoms with Crippen molar-refractivity contribution in [3.05, 3.63) is 58.7 Å². The van der Waals surface area contributed by atoms with Crippen molar-refractivity contribution in [1.82, 2.24) is 10.3 Å². The Kier molecular flexibility index (Phi) is 9.94. The molecule has 0 spiro atoms. The summed E-state index contributed by atoms with van der Waals surface area (Å²) in [5.41, 5.74) is 0.266. The number of hydrogen-bond acceptors (Lipinski definition) is 6. The van der Waals surface area contributed by atoms with Crippen LogP contribution in [0.4, 0.5) is 10.6 Å². The minimum absolute atomic E-state index is 0.111. The molecular weight excluding hydrogens is 490 g/mol. The van der Waals surface area contributed by atoms with E-state index in [1.165, 1.54) is 4.31 Å². The highest BCUT2D eigenvalue weighted by Crippen LogP contribution is 2.23. The number of rotatable bonds is 11. The van der Waals surface area contributed by atoms with Crippen LogP contribution in [-0.2, 0) is 32.5 Å². The van der Waals surface area contributed by atoms with Crippen LogP contribution in [0.3, 0.4) is 0 Å². The highest BCUT2D eigenvalue weighted by Gasteiger charge is 2.31. The molecule has 0 saturated heterocycles. The topological polar surface area (TPSA) is 97.8 Å². The van der Waals surface area contributed by atoms with Crippen LogP contribution in [0.1, 0.15) is 52.2 Å². The van der Waals surface area contributed by atoms with E-state index in [0.29, 0.717) is 24.9 Å². The lowest BCUT2D eigenvalue weighted by Gasteiger charge is -2.31. The summed E-state index contributed by atoms with van der Waals surface area (Å²) in [6.45, 7) is 9.87. The Morgan fingerprint density at radius 1 is 1.11 bits per heavy atom. The number of alkyl carbamates (subject to hydrolysis) is 1. The summed E-state index contributed by atoms with van der Waals surface area (Å²) >= 11 is 6.19. The van der Waals surface area contributed by atoms with Crippen molar-refractivity contribution >= 4 is 33.5 Å². The molecule has 10 heteroatoms. The van der Waals surface area contributed by atoms with Gasteiger partial charge < -0.3 is 14.8 Å². The lowest BCUT2D eigenvalue weighted by atomic mass is 9.97. The summed E-state index contributed by atoms with van der Waals surface area (Å²) in [5.74, 6) is 0.244. The molecule has 194 valence electrons. The van der Waals surface area contributed by atoms with Crippen molar-refractivity contribution in [2.45, 2.75) is 65.2 Å². The van der Waals surface area contributed by atoms with Crippen molar-refractivity contribution in [2.75, 3.05) is 23.7 Å². The molecule has 2 aromatic rings. The number of sulfonamides is 1. The van der Waals surface area contributed by atoms with E-state index in [9.17, 15) is 13.2 Å². The predicted octanol–water partition coefficient (Wildman–Crippen LogP) is 4.95. The summed E-state index contributed by atoms with van der Waals surface area (Å²) in [7, 11) is -3.51. The maximum absolute atomic E-state index is 12.5. The predicted molar refractivity (Wildman–Crippen MR) is 139 cm³/mol. The van der Waals surface area contributed by atoms with Gasteiger partial charge in [0.2, 0.25) is 10.0 Å². The molecule has 1 N–H and O–H groups in total. The van der Waals surface area contributed by atoms with Gasteiger partial charge in [0.25, 0.3) is 0 Å². The first-order chi connectivity index (χ1) is 16.2. The van der Waals surface area contributed by atoms with Gasteiger partial charge in [-0.3, -0.25) is 4.31 Å². The molecule has 0 aliphatic carbocycles. The van der Waals surface area contributed by atoms with Crippen LogP contribution in [0.15, 0.2) is 42.5 Å². The molecule has 1 aromatic heterocycles. The van der Waals surface area contributed by atoms with Gasteiger partial charge in [-0.25, -0.2) is 18.2 Å². The molecule has 0 fully saturated rings. The molecule has 1 aromatic carbocycles. The number of anilines is 1. The van der Waals surface area contributed by atoms with Crippen LogP contribution in [0.2, 0.25) is 5.15 Å². The standard InChI is InChI=1S/C25H36ClN3O5S/c1-7-13-29(35(6,31)32)22-15-20(14-21(26)27-22)17-33-18-25(5,16-19-11-9-8-10-12-19)34-23(30)28-24(2,3)4/h8-12,14-15H,7,13,16-18H2,1-6H3,(H,28,30). The Morgan fingerprint density at radius 3 is 2.34 bits per heavy atom. The van der Waals surface area contributed by atoms with E-state index in [1.54, 1.807) is 12.1 Å². The number of hydrogen-bond donors (Lipinski definition) is 1. The quantitative estimate of drug-likeness (QED) is 0.417. The molecule has 0 radical (unpaired) electrons. The Bertz CT molecular complexity index is 1090. The second-order valence-corrected chi connectivity index (χ2v) is 12.2. The largest absolute Gasteiger partial charge is 0.440 e. The van der Waals surface area contributed by atoms with Crippen LogP contribution in [0.25, 0.3) is 0 Å². The molecule has 0 bridgehead atoms. The summed E-state index contributed by atoms with van der Waals surface area (Å²) in [5, 5.41) is 2.98. The van der Waals surface area contributed by atoms with Gasteiger partial charge in [-0.05, 0) is 57.4 Å². The number of carbonyl (C=O) groups is 1. The number of ether oxygens (including phenoxy) is 2. The van der Waals surface area contributed by atoms with Crippen molar-refractivity contribution in [1.29, 1.82) is 0 Å². The average molecular weight is 526 g/mol. The van der Waals surface area contributed by atoms with E-state index in [2.05, 4.69) is 10.3 Å². The lowest BCUT2D eigenvalue weighted by molar-refractivity contribution is -0.0504. The minimum atomic E-state index is -3.51. The highest BCUT2D eigenvalue weighted by atomic mass is 35.5. The second kappa shape index (κ2) is 12.1. The average Bonchev–Trinajstić information content (AvgIpc) is 2.69. The molecule has 0 saturated carbocycles. The third kappa shape index (κ3) is 10.0. The maximum atomic E-state index is 12.5. The molecule has 2 rings (SSSR count). The van der Waals surface area contributed by atoms with E-state index in [1.807, 2.05) is 65.0 Å². The first-order valence-electron chi connectivity index (χ1n) is 11.5. The van der Waals surface area contributed by atoms with E-state index in [0.717, 1.165) is 11.8 Å². The van der Waals surface area contributed by atoms with E-state index < -0.39 is 27.3 Å². The number of halogens is 1. The fourth-order valence-electron chi connectivity index (χ4n) is 3.48. The summed E-state index contributed by atoms with van der Waals surface area (Å²) in [6, 6.07) is 13.0. The number of nitrogens with zero attached hydrogens (tertiary/aromatic N) is 2. The number of aromatic nitrogens is 1. The fraction of sp³-hybridized carbons (Fsp3) is 0.520. The third-order valence-corrected chi connectivity index (χ3v) is 6.20. The van der Waals surface area contributed by atoms with Crippen molar-refractivity contribution in [3.8, 4) is 0 Å². The van der Waals surface area contributed by atoms with Gasteiger partial charge in [0.05, 0.1) is 19.5 Å². The Labute approximate surface area is 214 Å². The van der Waals surface area contributed by atoms with Gasteiger partial charge in [0, 0.05) is 18.5 Å². The SMILES string of the molecule is CCCN(c1cc(COCC(C)(Cc2ccccc2)OC(=O)NC(C)(C)C)cc(Cl)n1)S(C)(=O)=O. The first-order valence-corrected chi connectivity index (χ1v) is 13.7. The van der Waals surface area contributed by atoms with Crippen LogP contribution in [0.5, 0.6) is 0 Å². The summed E-state index contributed by atoms with van der Waals surface area (Å²) < 4.78 is 37.5. The number of pyridine rings is 1. The Balaban J connectivity index is 2.19. The van der Waals surface area contributed by atoms with Crippen molar-refractivity contribution < 1.29 is 22.7 Å². The molecule has 35 heavy (non-hydrogen) atoms. The zero-order chi connectivity index (χ0) is 26.3. The molecular formula is C25H36ClN3O5S. The minimum Gasteiger partial charge on any atom is -0.440 e. The normalized spacial score (nSPS) is 13.7. The first kappa shape index (κ1) is 28.9.